The Hall–Kier alpha value is -1.02. The highest BCUT2D eigenvalue weighted by atomic mass is 15.2. The molecule has 0 fully saturated rings. The molecule has 96 valence electrons. The lowest BCUT2D eigenvalue weighted by Gasteiger charge is -2.30. The van der Waals surface area contributed by atoms with Crippen LogP contribution in [0.15, 0.2) is 24.3 Å². The van der Waals surface area contributed by atoms with Gasteiger partial charge in [0.05, 0.1) is 0 Å². The molecule has 2 heteroatoms. The van der Waals surface area contributed by atoms with Crippen LogP contribution >= 0.6 is 0 Å². The van der Waals surface area contributed by atoms with Crippen molar-refractivity contribution in [2.45, 2.75) is 46.7 Å². The van der Waals surface area contributed by atoms with Crippen molar-refractivity contribution in [3.63, 3.8) is 0 Å². The average Bonchev–Trinajstić information content (AvgIpc) is 2.33. The molecule has 17 heavy (non-hydrogen) atoms. The molecule has 0 aromatic heterocycles. The first kappa shape index (κ1) is 14.0. The van der Waals surface area contributed by atoms with Gasteiger partial charge < -0.3 is 10.2 Å². The highest BCUT2D eigenvalue weighted by molar-refractivity contribution is 5.54. The molecule has 0 saturated heterocycles. The second-order valence-electron chi connectivity index (χ2n) is 4.70. The van der Waals surface area contributed by atoms with Gasteiger partial charge in [-0.1, -0.05) is 32.0 Å². The number of hydrogen-bond acceptors (Lipinski definition) is 2. The Morgan fingerprint density at radius 1 is 1.18 bits per heavy atom. The van der Waals surface area contributed by atoms with Gasteiger partial charge in [0, 0.05) is 24.8 Å². The zero-order valence-corrected chi connectivity index (χ0v) is 11.7. The summed E-state index contributed by atoms with van der Waals surface area (Å²) in [5.41, 5.74) is 2.78. The highest BCUT2D eigenvalue weighted by Crippen LogP contribution is 2.22. The minimum atomic E-state index is 0.553. The molecule has 1 N–H and O–H groups in total. The molecule has 2 nitrogen and oxygen atoms in total. The van der Waals surface area contributed by atoms with Gasteiger partial charge in [-0.2, -0.15) is 0 Å². The number of nitrogens with zero attached hydrogens (tertiary/aromatic N) is 1. The van der Waals surface area contributed by atoms with Gasteiger partial charge in [0.25, 0.3) is 0 Å². The largest absolute Gasteiger partial charge is 0.369 e. The molecule has 0 saturated carbocycles. The second kappa shape index (κ2) is 7.33. The Balaban J connectivity index is 2.92. The predicted molar refractivity (Wildman–Crippen MR) is 76.6 cm³/mol. The van der Waals surface area contributed by atoms with E-state index < -0.39 is 0 Å². The summed E-state index contributed by atoms with van der Waals surface area (Å²) in [7, 11) is 0. The maximum atomic E-state index is 3.41. The first-order valence-corrected chi connectivity index (χ1v) is 6.75. The van der Waals surface area contributed by atoms with E-state index in [1.807, 2.05) is 0 Å². The Kier molecular flexibility index (Phi) is 6.06. The maximum Gasteiger partial charge on any atom is 0.0414 e. The zero-order valence-electron chi connectivity index (χ0n) is 11.7. The molecule has 1 aromatic carbocycles. The summed E-state index contributed by atoms with van der Waals surface area (Å²) in [4.78, 5) is 2.49. The number of rotatable bonds is 7. The maximum absolute atomic E-state index is 3.41. The zero-order chi connectivity index (χ0) is 12.7. The lowest BCUT2D eigenvalue weighted by atomic mass is 10.1. The van der Waals surface area contributed by atoms with Crippen LogP contribution in [0, 0.1) is 0 Å². The highest BCUT2D eigenvalue weighted by Gasteiger charge is 2.12. The summed E-state index contributed by atoms with van der Waals surface area (Å²) >= 11 is 0. The normalized spacial score (nSPS) is 10.9. The fraction of sp³-hybridized carbons (Fsp3) is 0.600. The van der Waals surface area contributed by atoms with E-state index in [9.17, 15) is 0 Å². The van der Waals surface area contributed by atoms with Crippen molar-refractivity contribution in [1.29, 1.82) is 0 Å². The van der Waals surface area contributed by atoms with Crippen LogP contribution in [0.5, 0.6) is 0 Å². The Bertz CT molecular complexity index is 320. The number of anilines is 1. The summed E-state index contributed by atoms with van der Waals surface area (Å²) in [5, 5.41) is 3.41. The van der Waals surface area contributed by atoms with Crippen LogP contribution in [0.1, 0.15) is 39.7 Å². The van der Waals surface area contributed by atoms with E-state index in [0.717, 1.165) is 19.6 Å². The molecule has 0 spiro atoms. The molecule has 0 aliphatic carbocycles. The van der Waals surface area contributed by atoms with Crippen molar-refractivity contribution >= 4 is 5.69 Å². The second-order valence-corrected chi connectivity index (χ2v) is 4.70. The smallest absolute Gasteiger partial charge is 0.0414 e. The van der Waals surface area contributed by atoms with Crippen LogP contribution in [0.2, 0.25) is 0 Å². The lowest BCUT2D eigenvalue weighted by Crippen LogP contribution is -2.32. The Morgan fingerprint density at radius 2 is 1.88 bits per heavy atom. The molecule has 0 heterocycles. The molecule has 0 unspecified atom stereocenters. The Morgan fingerprint density at radius 3 is 2.47 bits per heavy atom. The molecule has 1 aromatic rings. The lowest BCUT2D eigenvalue weighted by molar-refractivity contribution is 0.659. The van der Waals surface area contributed by atoms with E-state index in [1.54, 1.807) is 0 Å². The minimum Gasteiger partial charge on any atom is -0.369 e. The number of benzene rings is 1. The van der Waals surface area contributed by atoms with Crippen LogP contribution in [0.4, 0.5) is 5.69 Å². The third-order valence-electron chi connectivity index (χ3n) is 2.95. The van der Waals surface area contributed by atoms with E-state index >= 15 is 0 Å². The quantitative estimate of drug-likeness (QED) is 0.777. The van der Waals surface area contributed by atoms with Gasteiger partial charge >= 0.3 is 0 Å². The molecule has 1 rings (SSSR count). The van der Waals surface area contributed by atoms with Gasteiger partial charge in [-0.05, 0) is 38.4 Å². The number of nitrogens with one attached hydrogen (secondary N) is 1. The standard InChI is InChI=1S/C15H26N2/c1-5-11-17(13(3)4)15-10-8-7-9-14(15)12-16-6-2/h7-10,13,16H,5-6,11-12H2,1-4H3. The van der Waals surface area contributed by atoms with Crippen LogP contribution in [-0.4, -0.2) is 19.1 Å². The summed E-state index contributed by atoms with van der Waals surface area (Å²) < 4.78 is 0. The van der Waals surface area contributed by atoms with Crippen molar-refractivity contribution in [3.8, 4) is 0 Å². The molecule has 0 atom stereocenters. The van der Waals surface area contributed by atoms with Crippen molar-refractivity contribution in [2.24, 2.45) is 0 Å². The van der Waals surface area contributed by atoms with Gasteiger partial charge in [0.1, 0.15) is 0 Å². The molecule has 0 aliphatic heterocycles. The van der Waals surface area contributed by atoms with Crippen molar-refractivity contribution < 1.29 is 0 Å². The van der Waals surface area contributed by atoms with Gasteiger partial charge in [0.15, 0.2) is 0 Å². The van der Waals surface area contributed by atoms with E-state index in [0.29, 0.717) is 6.04 Å². The van der Waals surface area contributed by atoms with Crippen molar-refractivity contribution in [1.82, 2.24) is 5.32 Å². The predicted octanol–water partition coefficient (Wildman–Crippen LogP) is 3.42. The van der Waals surface area contributed by atoms with Gasteiger partial charge in [0.2, 0.25) is 0 Å². The molecule has 0 amide bonds. The van der Waals surface area contributed by atoms with Gasteiger partial charge in [-0.15, -0.1) is 0 Å². The first-order valence-electron chi connectivity index (χ1n) is 6.75. The molecule has 0 radical (unpaired) electrons. The molecule has 0 aliphatic rings. The third-order valence-corrected chi connectivity index (χ3v) is 2.95. The molecular weight excluding hydrogens is 208 g/mol. The van der Waals surface area contributed by atoms with Crippen LogP contribution < -0.4 is 10.2 Å². The number of hydrogen-bond donors (Lipinski definition) is 1. The topological polar surface area (TPSA) is 15.3 Å². The van der Waals surface area contributed by atoms with Crippen LogP contribution in [-0.2, 0) is 6.54 Å². The van der Waals surface area contributed by atoms with E-state index in [4.69, 9.17) is 0 Å². The fourth-order valence-corrected chi connectivity index (χ4v) is 2.10. The summed E-state index contributed by atoms with van der Waals surface area (Å²) in [6, 6.07) is 9.28. The Labute approximate surface area is 106 Å². The first-order chi connectivity index (χ1) is 8.20. The minimum absolute atomic E-state index is 0.553. The number of para-hydroxylation sites is 1. The van der Waals surface area contributed by atoms with Crippen molar-refractivity contribution in [2.75, 3.05) is 18.0 Å². The van der Waals surface area contributed by atoms with E-state index in [2.05, 4.69) is 62.2 Å². The third kappa shape index (κ3) is 4.04. The van der Waals surface area contributed by atoms with E-state index in [-0.39, 0.29) is 0 Å². The fourth-order valence-electron chi connectivity index (χ4n) is 2.10. The van der Waals surface area contributed by atoms with Gasteiger partial charge in [-0.3, -0.25) is 0 Å². The van der Waals surface area contributed by atoms with E-state index in [1.165, 1.54) is 17.7 Å². The summed E-state index contributed by atoms with van der Waals surface area (Å²) in [5.74, 6) is 0. The summed E-state index contributed by atoms with van der Waals surface area (Å²) in [6.45, 7) is 12.0. The molecule has 0 bridgehead atoms. The summed E-state index contributed by atoms with van der Waals surface area (Å²) in [6.07, 6.45) is 1.19. The molecular formula is C15H26N2. The van der Waals surface area contributed by atoms with Crippen LogP contribution in [0.3, 0.4) is 0 Å². The monoisotopic (exact) mass is 234 g/mol. The van der Waals surface area contributed by atoms with Gasteiger partial charge in [-0.25, -0.2) is 0 Å². The average molecular weight is 234 g/mol. The SMILES string of the molecule is CCCN(c1ccccc1CNCC)C(C)C. The van der Waals surface area contributed by atoms with Crippen LogP contribution in [0.25, 0.3) is 0 Å². The van der Waals surface area contributed by atoms with Crippen molar-refractivity contribution in [3.05, 3.63) is 29.8 Å².